The van der Waals surface area contributed by atoms with E-state index in [0.717, 1.165) is 64.2 Å². The van der Waals surface area contributed by atoms with Crippen LogP contribution in [0.3, 0.4) is 0 Å². The highest BCUT2D eigenvalue weighted by molar-refractivity contribution is 5.76. The summed E-state index contributed by atoms with van der Waals surface area (Å²) in [5.41, 5.74) is 0. The first kappa shape index (κ1) is 80.7. The number of amides is 1. The predicted molar refractivity (Wildman–Crippen MR) is 346 cm³/mol. The van der Waals surface area contributed by atoms with Gasteiger partial charge in [-0.05, 0) is 77.0 Å². The van der Waals surface area contributed by atoms with E-state index in [9.17, 15) is 61.0 Å². The predicted octanol–water partition coefficient (Wildman–Crippen LogP) is 9.16. The normalized spacial score (nSPS) is 28.6. The maximum Gasteiger partial charge on any atom is 0.220 e. The average Bonchev–Trinajstić information content (AvgIpc) is 2.09. The Labute approximate surface area is 535 Å². The van der Waals surface area contributed by atoms with Gasteiger partial charge in [0.1, 0.15) is 73.2 Å². The van der Waals surface area contributed by atoms with Crippen molar-refractivity contribution in [2.24, 2.45) is 0 Å². The number of rotatable bonds is 53. The van der Waals surface area contributed by atoms with E-state index in [1.165, 1.54) is 148 Å². The summed E-state index contributed by atoms with van der Waals surface area (Å²) >= 11 is 0. The number of aliphatic hydroxyl groups is 11. The number of carbonyl (C=O) groups is 1. The molecule has 0 aromatic carbocycles. The van der Waals surface area contributed by atoms with E-state index in [0.29, 0.717) is 12.8 Å². The van der Waals surface area contributed by atoms with Crippen LogP contribution in [0.4, 0.5) is 0 Å². The van der Waals surface area contributed by atoms with Gasteiger partial charge >= 0.3 is 0 Å². The Kier molecular flexibility index (Phi) is 47.0. The third-order valence-electron chi connectivity index (χ3n) is 17.3. The molecular formula is C70H125NO18. The number of ether oxygens (including phenoxy) is 6. The molecule has 0 bridgehead atoms. The summed E-state index contributed by atoms with van der Waals surface area (Å²) in [6.07, 6.45) is 36.2. The molecule has 3 fully saturated rings. The Morgan fingerprint density at radius 2 is 0.753 bits per heavy atom. The molecule has 3 heterocycles. The third-order valence-corrected chi connectivity index (χ3v) is 17.3. The number of hydrogen-bond donors (Lipinski definition) is 12. The standard InChI is InChI=1S/C70H125NO18/c1-3-5-7-9-11-13-15-17-19-21-23-25-26-28-30-32-34-36-38-40-42-44-46-48-58(76)71-53(54(75)47-45-43-41-39-37-35-33-31-29-27-24-22-20-18-16-14-12-10-8-6-4-2)52-84-68-64(82)61(79)66(56(50-73)86-68)89-70-65(83)62(80)67(57(51-74)87-70)88-69-63(81)60(78)59(77)55(49-72)85-69/h15,17,21,23,29,31,37,39,45,47,53-57,59-70,72-75,77-83H,3-14,16,18-20,22,24-28,30,32-36,38,40-44,46,48-52H2,1-2H3,(H,71,76)/b17-15-,23-21-,31-29+,39-37+,47-45+. The number of carbonyl (C=O) groups excluding carboxylic acids is 1. The topological polar surface area (TPSA) is 307 Å². The second-order valence-electron chi connectivity index (χ2n) is 25.0. The monoisotopic (exact) mass is 1270 g/mol. The lowest BCUT2D eigenvalue weighted by molar-refractivity contribution is -0.379. The van der Waals surface area contributed by atoms with Crippen LogP contribution in [0.25, 0.3) is 0 Å². The van der Waals surface area contributed by atoms with Gasteiger partial charge in [-0.3, -0.25) is 4.79 Å². The number of aliphatic hydroxyl groups excluding tert-OH is 11. The lowest BCUT2D eigenvalue weighted by Crippen LogP contribution is -2.66. The molecular weight excluding hydrogens is 1140 g/mol. The highest BCUT2D eigenvalue weighted by Crippen LogP contribution is 2.33. The summed E-state index contributed by atoms with van der Waals surface area (Å²) in [5.74, 6) is -0.292. The van der Waals surface area contributed by atoms with Crippen molar-refractivity contribution < 1.29 is 89.4 Å². The van der Waals surface area contributed by atoms with Crippen molar-refractivity contribution in [2.75, 3.05) is 26.4 Å². The fraction of sp³-hybridized carbons (Fsp3) is 0.843. The van der Waals surface area contributed by atoms with Gasteiger partial charge in [-0.1, -0.05) is 222 Å². The molecule has 19 heteroatoms. The Morgan fingerprint density at radius 1 is 0.404 bits per heavy atom. The third kappa shape index (κ3) is 33.9. The summed E-state index contributed by atoms with van der Waals surface area (Å²) in [4.78, 5) is 13.4. The maximum absolute atomic E-state index is 13.4. The molecule has 12 N–H and O–H groups in total. The van der Waals surface area contributed by atoms with Crippen LogP contribution >= 0.6 is 0 Å². The lowest BCUT2D eigenvalue weighted by Gasteiger charge is -2.48. The van der Waals surface area contributed by atoms with Gasteiger partial charge < -0.3 is 89.9 Å². The number of unbranched alkanes of at least 4 members (excludes halogenated alkanes) is 29. The van der Waals surface area contributed by atoms with E-state index in [4.69, 9.17) is 28.4 Å². The number of allylic oxidation sites excluding steroid dienone is 9. The van der Waals surface area contributed by atoms with Gasteiger partial charge in [0.15, 0.2) is 18.9 Å². The SMILES string of the molecule is CCCCCCC/C=C\C/C=C\CCCCCCCCCCCCCC(=O)NC(COC1OC(CO)C(OC2OC(CO)C(OC3OC(CO)C(O)C(O)C3O)C(O)C2O)C(O)C1O)C(O)/C=C/CC/C=C/CC/C=C/CCCCCCCCCCCCC. The van der Waals surface area contributed by atoms with Gasteiger partial charge in [-0.25, -0.2) is 0 Å². The molecule has 1 amide bonds. The molecule has 3 rings (SSSR count). The van der Waals surface area contributed by atoms with Gasteiger partial charge in [-0.2, -0.15) is 0 Å². The summed E-state index contributed by atoms with van der Waals surface area (Å²) in [7, 11) is 0. The van der Waals surface area contributed by atoms with E-state index < -0.39 is 124 Å². The minimum absolute atomic E-state index is 0.228. The van der Waals surface area contributed by atoms with E-state index >= 15 is 0 Å². The first-order valence-corrected chi connectivity index (χ1v) is 35.0. The molecule has 3 aliphatic rings. The molecule has 89 heavy (non-hydrogen) atoms. The van der Waals surface area contributed by atoms with Crippen molar-refractivity contribution in [1.29, 1.82) is 0 Å². The molecule has 0 aliphatic carbocycles. The van der Waals surface area contributed by atoms with Crippen LogP contribution in [0.2, 0.25) is 0 Å². The van der Waals surface area contributed by atoms with Gasteiger partial charge in [0, 0.05) is 6.42 Å². The quantitative estimate of drug-likeness (QED) is 0.0199. The van der Waals surface area contributed by atoms with Gasteiger partial charge in [0.2, 0.25) is 5.91 Å². The molecule has 0 saturated carbocycles. The van der Waals surface area contributed by atoms with Crippen molar-refractivity contribution in [3.63, 3.8) is 0 Å². The van der Waals surface area contributed by atoms with E-state index in [1.807, 2.05) is 6.08 Å². The van der Waals surface area contributed by atoms with Crippen LogP contribution in [0.5, 0.6) is 0 Å². The summed E-state index contributed by atoms with van der Waals surface area (Å²) in [6, 6.07) is -1.00. The largest absolute Gasteiger partial charge is 0.394 e. The highest BCUT2D eigenvalue weighted by Gasteiger charge is 2.53. The first-order chi connectivity index (χ1) is 43.3. The van der Waals surface area contributed by atoms with Crippen LogP contribution < -0.4 is 5.32 Å². The lowest BCUT2D eigenvalue weighted by atomic mass is 9.96. The first-order valence-electron chi connectivity index (χ1n) is 35.0. The van der Waals surface area contributed by atoms with Crippen molar-refractivity contribution in [2.45, 2.75) is 349 Å². The van der Waals surface area contributed by atoms with Crippen LogP contribution in [0, 0.1) is 0 Å². The zero-order chi connectivity index (χ0) is 64.7. The van der Waals surface area contributed by atoms with Crippen LogP contribution in [0.1, 0.15) is 245 Å². The molecule has 17 atom stereocenters. The van der Waals surface area contributed by atoms with Gasteiger partial charge in [0.25, 0.3) is 0 Å². The zero-order valence-corrected chi connectivity index (χ0v) is 54.6. The number of hydrogen-bond acceptors (Lipinski definition) is 18. The molecule has 3 saturated heterocycles. The second-order valence-corrected chi connectivity index (χ2v) is 25.0. The van der Waals surface area contributed by atoms with Crippen LogP contribution in [-0.4, -0.2) is 193 Å². The minimum Gasteiger partial charge on any atom is -0.394 e. The molecule has 0 aromatic heterocycles. The molecule has 0 spiro atoms. The van der Waals surface area contributed by atoms with Crippen molar-refractivity contribution in [3.8, 4) is 0 Å². The molecule has 3 aliphatic heterocycles. The second kappa shape index (κ2) is 51.8. The Balaban J connectivity index is 1.46. The Hall–Kier alpha value is -2.51. The van der Waals surface area contributed by atoms with Crippen molar-refractivity contribution in [1.82, 2.24) is 5.32 Å². The summed E-state index contributed by atoms with van der Waals surface area (Å²) in [6.45, 7) is 1.70. The molecule has 17 unspecified atom stereocenters. The van der Waals surface area contributed by atoms with Crippen LogP contribution in [-0.2, 0) is 33.2 Å². The van der Waals surface area contributed by atoms with Crippen molar-refractivity contribution in [3.05, 3.63) is 60.8 Å². The van der Waals surface area contributed by atoms with E-state index in [-0.39, 0.29) is 18.9 Å². The van der Waals surface area contributed by atoms with Crippen LogP contribution in [0.15, 0.2) is 60.8 Å². The zero-order valence-electron chi connectivity index (χ0n) is 54.6. The average molecular weight is 1270 g/mol. The van der Waals surface area contributed by atoms with E-state index in [2.05, 4.69) is 67.8 Å². The number of nitrogens with one attached hydrogen (secondary N) is 1. The molecule has 0 radical (unpaired) electrons. The summed E-state index contributed by atoms with van der Waals surface area (Å²) in [5, 5.41) is 120. The fourth-order valence-electron chi connectivity index (χ4n) is 11.5. The minimum atomic E-state index is -1.98. The van der Waals surface area contributed by atoms with Gasteiger partial charge in [-0.15, -0.1) is 0 Å². The summed E-state index contributed by atoms with van der Waals surface area (Å²) < 4.78 is 34.3. The highest BCUT2D eigenvalue weighted by atomic mass is 16.8. The fourth-order valence-corrected chi connectivity index (χ4v) is 11.5. The Morgan fingerprint density at radius 3 is 1.19 bits per heavy atom. The van der Waals surface area contributed by atoms with Crippen molar-refractivity contribution >= 4 is 5.91 Å². The molecule has 19 nitrogen and oxygen atoms in total. The molecule has 518 valence electrons. The Bertz CT molecular complexity index is 1850. The maximum atomic E-state index is 13.4. The molecule has 0 aromatic rings. The van der Waals surface area contributed by atoms with Gasteiger partial charge in [0.05, 0.1) is 38.6 Å². The smallest absolute Gasteiger partial charge is 0.220 e. The van der Waals surface area contributed by atoms with E-state index in [1.54, 1.807) is 6.08 Å².